The van der Waals surface area contributed by atoms with Gasteiger partial charge in [-0.15, -0.1) is 0 Å². The van der Waals surface area contributed by atoms with Crippen molar-refractivity contribution in [3.63, 3.8) is 0 Å². The zero-order valence-corrected chi connectivity index (χ0v) is 26.7. The van der Waals surface area contributed by atoms with Crippen molar-refractivity contribution in [3.05, 3.63) is 106 Å². The van der Waals surface area contributed by atoms with Crippen LogP contribution in [0.2, 0.25) is 0 Å². The van der Waals surface area contributed by atoms with Gasteiger partial charge in [-0.1, -0.05) is 79.7 Å². The van der Waals surface area contributed by atoms with E-state index in [0.29, 0.717) is 23.7 Å². The fraction of sp³-hybridized carbons (Fsp3) is 0.351. The molecule has 4 rings (SSSR count). The van der Waals surface area contributed by atoms with E-state index in [4.69, 9.17) is 27.7 Å². The molecule has 0 spiro atoms. The number of rotatable bonds is 8. The molecule has 0 radical (unpaired) electrons. The molecule has 0 aliphatic heterocycles. The monoisotopic (exact) mass is 566 g/mol. The van der Waals surface area contributed by atoms with Gasteiger partial charge in [0.2, 0.25) is 0 Å². The van der Waals surface area contributed by atoms with Crippen LogP contribution in [0.1, 0.15) is 112 Å². The van der Waals surface area contributed by atoms with Gasteiger partial charge in [-0.25, -0.2) is 0 Å². The van der Waals surface area contributed by atoms with Crippen molar-refractivity contribution in [2.75, 3.05) is 22.9 Å². The zero-order chi connectivity index (χ0) is 31.1. The zero-order valence-electron chi connectivity index (χ0n) is 26.7. The minimum atomic E-state index is 0.423. The van der Waals surface area contributed by atoms with Crippen LogP contribution >= 0.6 is 0 Å². The first kappa shape index (κ1) is 32.4. The standard InChI is InChI=1S/C25H38N2.C12H12N2O/c1-14(2)20-10-18(11-21(15(3)4)24(20)26)9-19-12-22(16(5)6)25(27)23(13-19)17(7)8;13-9-1-5-11(6-2-9)15-12-7-3-10(14)4-8-12/h10-17H,9,26-27H2,1-8H3;1-8H,13-14H2. The van der Waals surface area contributed by atoms with E-state index in [9.17, 15) is 0 Å². The lowest BCUT2D eigenvalue weighted by Gasteiger charge is -2.21. The molecule has 5 heteroatoms. The van der Waals surface area contributed by atoms with Gasteiger partial charge < -0.3 is 27.7 Å². The topological polar surface area (TPSA) is 113 Å². The van der Waals surface area contributed by atoms with Crippen LogP contribution in [-0.2, 0) is 6.42 Å². The number of benzene rings is 4. The van der Waals surface area contributed by atoms with Crippen molar-refractivity contribution in [2.24, 2.45) is 0 Å². The highest BCUT2D eigenvalue weighted by atomic mass is 16.5. The van der Waals surface area contributed by atoms with Crippen LogP contribution < -0.4 is 27.7 Å². The number of nitrogen functional groups attached to an aromatic ring is 4. The largest absolute Gasteiger partial charge is 0.457 e. The molecule has 4 aromatic carbocycles. The molecule has 0 amide bonds. The van der Waals surface area contributed by atoms with Crippen molar-refractivity contribution in [2.45, 2.75) is 85.5 Å². The summed E-state index contributed by atoms with van der Waals surface area (Å²) in [5, 5.41) is 0. The van der Waals surface area contributed by atoms with Gasteiger partial charge >= 0.3 is 0 Å². The number of hydrogen-bond acceptors (Lipinski definition) is 5. The fourth-order valence-corrected chi connectivity index (χ4v) is 5.08. The Bertz CT molecular complexity index is 1280. The molecule has 4 aromatic rings. The van der Waals surface area contributed by atoms with Crippen LogP contribution in [-0.4, -0.2) is 0 Å². The Morgan fingerprint density at radius 2 is 0.714 bits per heavy atom. The number of ether oxygens (including phenoxy) is 1. The van der Waals surface area contributed by atoms with Crippen molar-refractivity contribution in [1.29, 1.82) is 0 Å². The third-order valence-corrected chi connectivity index (χ3v) is 7.50. The molecule has 0 saturated carbocycles. The summed E-state index contributed by atoms with van der Waals surface area (Å²) in [4.78, 5) is 0. The molecule has 0 atom stereocenters. The quantitative estimate of drug-likeness (QED) is 0.159. The Kier molecular flexibility index (Phi) is 10.9. The van der Waals surface area contributed by atoms with Gasteiger partial charge in [0.15, 0.2) is 0 Å². The third kappa shape index (κ3) is 8.45. The Labute approximate surface area is 253 Å². The van der Waals surface area contributed by atoms with Crippen molar-refractivity contribution in [3.8, 4) is 11.5 Å². The lowest BCUT2D eigenvalue weighted by atomic mass is 9.86. The van der Waals surface area contributed by atoms with E-state index >= 15 is 0 Å². The van der Waals surface area contributed by atoms with E-state index in [2.05, 4.69) is 79.7 Å². The lowest BCUT2D eigenvalue weighted by molar-refractivity contribution is 0.483. The van der Waals surface area contributed by atoms with Crippen LogP contribution in [0, 0.1) is 0 Å². The first-order chi connectivity index (χ1) is 19.8. The fourth-order valence-electron chi connectivity index (χ4n) is 5.08. The maximum atomic E-state index is 6.48. The summed E-state index contributed by atoms with van der Waals surface area (Å²) in [6.45, 7) is 17.8. The van der Waals surface area contributed by atoms with Gasteiger partial charge in [-0.05, 0) is 112 Å². The molecule has 0 aliphatic rings. The van der Waals surface area contributed by atoms with Gasteiger partial charge in [0.25, 0.3) is 0 Å². The van der Waals surface area contributed by atoms with Crippen LogP contribution in [0.15, 0.2) is 72.8 Å². The second-order valence-electron chi connectivity index (χ2n) is 12.4. The highest BCUT2D eigenvalue weighted by Crippen LogP contribution is 2.35. The van der Waals surface area contributed by atoms with Crippen LogP contribution in [0.5, 0.6) is 11.5 Å². The summed E-state index contributed by atoms with van der Waals surface area (Å²) in [5.74, 6) is 3.21. The minimum Gasteiger partial charge on any atom is -0.457 e. The predicted octanol–water partition coefficient (Wildman–Crippen LogP) is 9.58. The van der Waals surface area contributed by atoms with E-state index in [-0.39, 0.29) is 0 Å². The molecule has 0 heterocycles. The Balaban J connectivity index is 0.000000271. The van der Waals surface area contributed by atoms with Gasteiger partial charge in [0.1, 0.15) is 11.5 Å². The lowest BCUT2D eigenvalue weighted by Crippen LogP contribution is -2.07. The second-order valence-corrected chi connectivity index (χ2v) is 12.4. The van der Waals surface area contributed by atoms with Crippen LogP contribution in [0.25, 0.3) is 0 Å². The Morgan fingerprint density at radius 1 is 0.452 bits per heavy atom. The van der Waals surface area contributed by atoms with Gasteiger partial charge in [-0.2, -0.15) is 0 Å². The average Bonchev–Trinajstić information content (AvgIpc) is 2.92. The molecular weight excluding hydrogens is 516 g/mol. The summed E-state index contributed by atoms with van der Waals surface area (Å²) >= 11 is 0. The predicted molar refractivity (Wildman–Crippen MR) is 183 cm³/mol. The molecule has 0 aliphatic carbocycles. The molecule has 224 valence electrons. The van der Waals surface area contributed by atoms with Crippen molar-refractivity contribution in [1.82, 2.24) is 0 Å². The van der Waals surface area contributed by atoms with Crippen LogP contribution in [0.4, 0.5) is 22.7 Å². The number of nitrogens with two attached hydrogens (primary N) is 4. The highest BCUT2D eigenvalue weighted by Gasteiger charge is 2.16. The van der Waals surface area contributed by atoms with Gasteiger partial charge in [0, 0.05) is 22.7 Å². The molecule has 42 heavy (non-hydrogen) atoms. The highest BCUT2D eigenvalue weighted by molar-refractivity contribution is 5.61. The van der Waals surface area contributed by atoms with Gasteiger partial charge in [0.05, 0.1) is 0 Å². The Morgan fingerprint density at radius 3 is 0.952 bits per heavy atom. The molecule has 0 saturated heterocycles. The van der Waals surface area contributed by atoms with E-state index in [1.165, 1.54) is 33.4 Å². The van der Waals surface area contributed by atoms with E-state index in [0.717, 1.165) is 40.7 Å². The second kappa shape index (κ2) is 14.2. The maximum Gasteiger partial charge on any atom is 0.127 e. The van der Waals surface area contributed by atoms with Gasteiger partial charge in [-0.3, -0.25) is 0 Å². The molecule has 0 unspecified atom stereocenters. The Hall–Kier alpha value is -4.12. The molecule has 0 bridgehead atoms. The first-order valence-electron chi connectivity index (χ1n) is 15.0. The third-order valence-electron chi connectivity index (χ3n) is 7.50. The SMILES string of the molecule is CC(C)c1cc(Cc2cc(C(C)C)c(N)c(C(C)C)c2)cc(C(C)C)c1N.Nc1ccc(Oc2ccc(N)cc2)cc1. The molecule has 8 N–H and O–H groups in total. The summed E-state index contributed by atoms with van der Waals surface area (Å²) in [6, 6.07) is 23.7. The number of hydrogen-bond donors (Lipinski definition) is 4. The normalized spacial score (nSPS) is 11.2. The molecule has 5 nitrogen and oxygen atoms in total. The number of anilines is 4. The van der Waals surface area contributed by atoms with Crippen molar-refractivity contribution < 1.29 is 4.74 Å². The van der Waals surface area contributed by atoms with E-state index in [1.807, 2.05) is 24.3 Å². The van der Waals surface area contributed by atoms with E-state index in [1.54, 1.807) is 24.3 Å². The molecular formula is C37H50N4O. The van der Waals surface area contributed by atoms with Crippen LogP contribution in [0.3, 0.4) is 0 Å². The average molecular weight is 567 g/mol. The van der Waals surface area contributed by atoms with E-state index < -0.39 is 0 Å². The summed E-state index contributed by atoms with van der Waals surface area (Å²) in [7, 11) is 0. The first-order valence-corrected chi connectivity index (χ1v) is 15.0. The smallest absolute Gasteiger partial charge is 0.127 e. The molecule has 0 fully saturated rings. The summed E-state index contributed by atoms with van der Waals surface area (Å²) < 4.78 is 5.58. The minimum absolute atomic E-state index is 0.423. The van der Waals surface area contributed by atoms with Crippen molar-refractivity contribution >= 4 is 22.7 Å². The summed E-state index contributed by atoms with van der Waals surface area (Å²) in [6.07, 6.45) is 0.916. The maximum absolute atomic E-state index is 6.48. The summed E-state index contributed by atoms with van der Waals surface area (Å²) in [5.41, 5.74) is 35.2. The molecule has 0 aromatic heterocycles.